The quantitative estimate of drug-likeness (QED) is 0.309. The maximum atomic E-state index is 12.6. The van der Waals surface area contributed by atoms with Gasteiger partial charge in [-0.15, -0.1) is 0 Å². The third kappa shape index (κ3) is 5.25. The molecule has 7 unspecified atom stereocenters. The maximum absolute atomic E-state index is 12.6. The molecule has 0 radical (unpaired) electrons. The van der Waals surface area contributed by atoms with Crippen molar-refractivity contribution in [3.8, 4) is 5.75 Å². The number of phenols is 1. The van der Waals surface area contributed by atoms with Gasteiger partial charge in [-0.25, -0.2) is 4.79 Å². The van der Waals surface area contributed by atoms with Crippen LogP contribution in [0.3, 0.4) is 0 Å². The van der Waals surface area contributed by atoms with E-state index in [1.54, 1.807) is 19.1 Å². The third-order valence-electron chi connectivity index (χ3n) is 11.3. The topological polar surface area (TPSA) is 135 Å². The van der Waals surface area contributed by atoms with Crippen LogP contribution in [-0.2, 0) is 30.4 Å². The van der Waals surface area contributed by atoms with Gasteiger partial charge in [0, 0.05) is 11.8 Å². The molecule has 228 valence electrons. The third-order valence-corrected chi connectivity index (χ3v) is 11.3. The molecule has 5 rings (SSSR count). The number of fused-ring (bicyclic) bond motifs is 5. The number of ether oxygens (including phenoxy) is 1. The van der Waals surface area contributed by atoms with Crippen molar-refractivity contribution in [2.24, 2.45) is 33.7 Å². The highest BCUT2D eigenvalue weighted by Gasteiger charge is 2.65. The zero-order chi connectivity index (χ0) is 30.3. The van der Waals surface area contributed by atoms with E-state index in [9.17, 15) is 24.6 Å². The van der Waals surface area contributed by atoms with Crippen LogP contribution in [0.4, 0.5) is 0 Å². The summed E-state index contributed by atoms with van der Waals surface area (Å²) in [6, 6.07) is 5.52. The Kier molecular flexibility index (Phi) is 8.27. The van der Waals surface area contributed by atoms with Gasteiger partial charge in [0.1, 0.15) is 17.4 Å². The van der Waals surface area contributed by atoms with Gasteiger partial charge in [-0.1, -0.05) is 36.7 Å². The number of rotatable bonds is 8. The Labute approximate surface area is 247 Å². The van der Waals surface area contributed by atoms with Crippen molar-refractivity contribution in [1.82, 2.24) is 5.32 Å². The minimum absolute atomic E-state index is 0.0551. The first kappa shape index (κ1) is 30.3. The lowest BCUT2D eigenvalue weighted by atomic mass is 9.46. The Morgan fingerprint density at radius 3 is 2.45 bits per heavy atom. The summed E-state index contributed by atoms with van der Waals surface area (Å²) in [6.45, 7) is 5.75. The molecule has 1 amide bonds. The standard InChI is InChI=1S/C33H44N2O7/c1-20(36)33(40)16-13-27-25-10-7-22-18-23(11-14-31(22,2)26(25)12-15-32(27,33)3)35-42-19-29(38)34-28(30(39)41-4)17-21-5-8-24(37)9-6-21/h5-6,8-9,18,25-28,37,40H,7,10-17,19H2,1-4H3,(H,34,38). The van der Waals surface area contributed by atoms with Crippen molar-refractivity contribution in [2.45, 2.75) is 90.2 Å². The summed E-state index contributed by atoms with van der Waals surface area (Å²) in [5, 5.41) is 27.8. The lowest BCUT2D eigenvalue weighted by molar-refractivity contribution is -0.159. The fourth-order valence-electron chi connectivity index (χ4n) is 8.85. The number of esters is 1. The number of carbonyl (C=O) groups excluding carboxylic acids is 3. The Morgan fingerprint density at radius 1 is 1.05 bits per heavy atom. The smallest absolute Gasteiger partial charge is 0.328 e. The summed E-state index contributed by atoms with van der Waals surface area (Å²) in [4.78, 5) is 42.8. The first-order valence-corrected chi connectivity index (χ1v) is 15.2. The molecule has 1 aromatic rings. The molecule has 0 aliphatic heterocycles. The average Bonchev–Trinajstić information content (AvgIpc) is 3.25. The summed E-state index contributed by atoms with van der Waals surface area (Å²) >= 11 is 0. The second kappa shape index (κ2) is 11.5. The van der Waals surface area contributed by atoms with Crippen LogP contribution in [0.2, 0.25) is 0 Å². The Balaban J connectivity index is 1.20. The highest BCUT2D eigenvalue weighted by molar-refractivity contribution is 5.96. The van der Waals surface area contributed by atoms with Crippen LogP contribution in [0, 0.1) is 28.6 Å². The Morgan fingerprint density at radius 2 is 1.76 bits per heavy atom. The number of hydrogen-bond donors (Lipinski definition) is 3. The number of amides is 1. The largest absolute Gasteiger partial charge is 0.508 e. The molecule has 3 fully saturated rings. The van der Waals surface area contributed by atoms with Gasteiger partial charge >= 0.3 is 5.97 Å². The molecule has 3 saturated carbocycles. The summed E-state index contributed by atoms with van der Waals surface area (Å²) in [5.74, 6) is 0.371. The van der Waals surface area contributed by atoms with E-state index in [-0.39, 0.29) is 35.4 Å². The van der Waals surface area contributed by atoms with Crippen molar-refractivity contribution in [1.29, 1.82) is 0 Å². The van der Waals surface area contributed by atoms with Crippen LogP contribution >= 0.6 is 0 Å². The highest BCUT2D eigenvalue weighted by Crippen LogP contribution is 2.67. The number of carbonyl (C=O) groups is 3. The predicted octanol–water partition coefficient (Wildman–Crippen LogP) is 4.25. The van der Waals surface area contributed by atoms with Gasteiger partial charge in [0.2, 0.25) is 0 Å². The molecule has 9 nitrogen and oxygen atoms in total. The lowest BCUT2D eigenvalue weighted by Gasteiger charge is -2.59. The minimum atomic E-state index is -1.20. The summed E-state index contributed by atoms with van der Waals surface area (Å²) < 4.78 is 4.85. The SMILES string of the molecule is COC(=O)C(Cc1ccc(O)cc1)NC(=O)CON=C1C=C2CCC3C(CCC4(C)C3CCC4(O)C(C)=O)C2(C)CC1. The van der Waals surface area contributed by atoms with Gasteiger partial charge in [-0.2, -0.15) is 0 Å². The van der Waals surface area contributed by atoms with Gasteiger partial charge in [0.05, 0.1) is 12.8 Å². The second-order valence-corrected chi connectivity index (χ2v) is 13.3. The molecular formula is C33H44N2O7. The molecular weight excluding hydrogens is 536 g/mol. The van der Waals surface area contributed by atoms with Crippen LogP contribution in [0.15, 0.2) is 41.1 Å². The van der Waals surface area contributed by atoms with Gasteiger partial charge in [0.25, 0.3) is 5.91 Å². The summed E-state index contributed by atoms with van der Waals surface area (Å²) in [7, 11) is 1.27. The highest BCUT2D eigenvalue weighted by atomic mass is 16.6. The van der Waals surface area contributed by atoms with E-state index >= 15 is 0 Å². The normalized spacial score (nSPS) is 35.2. The van der Waals surface area contributed by atoms with Crippen molar-refractivity contribution < 1.29 is 34.2 Å². The zero-order valence-corrected chi connectivity index (χ0v) is 25.2. The molecule has 3 N–H and O–H groups in total. The van der Waals surface area contributed by atoms with Crippen LogP contribution < -0.4 is 5.32 Å². The van der Waals surface area contributed by atoms with Gasteiger partial charge in [-0.05, 0) is 105 Å². The number of aliphatic hydroxyl groups is 1. The number of aromatic hydroxyl groups is 1. The van der Waals surface area contributed by atoms with Gasteiger partial charge in [-0.3, -0.25) is 9.59 Å². The molecule has 4 aliphatic rings. The molecule has 0 saturated heterocycles. The van der Waals surface area contributed by atoms with Crippen LogP contribution in [0.1, 0.15) is 77.7 Å². The number of nitrogens with one attached hydrogen (secondary N) is 1. The van der Waals surface area contributed by atoms with E-state index in [1.165, 1.54) is 24.8 Å². The Bertz CT molecular complexity index is 1290. The number of allylic oxidation sites excluding steroid dienone is 2. The van der Waals surface area contributed by atoms with Crippen molar-refractivity contribution in [2.75, 3.05) is 13.7 Å². The van der Waals surface area contributed by atoms with E-state index in [2.05, 4.69) is 30.4 Å². The molecule has 0 heterocycles. The van der Waals surface area contributed by atoms with Crippen LogP contribution in [0.5, 0.6) is 5.75 Å². The number of Topliss-reactive ketones (excluding diaryl/α,β-unsaturated/α-hetero) is 1. The Hall–Kier alpha value is -3.20. The maximum Gasteiger partial charge on any atom is 0.328 e. The van der Waals surface area contributed by atoms with Gasteiger partial charge < -0.3 is 25.1 Å². The molecule has 9 heteroatoms. The second-order valence-electron chi connectivity index (χ2n) is 13.3. The predicted molar refractivity (Wildman–Crippen MR) is 156 cm³/mol. The summed E-state index contributed by atoms with van der Waals surface area (Å²) in [5.41, 5.74) is 1.47. The lowest BCUT2D eigenvalue weighted by Crippen LogP contribution is -2.57. The average molecular weight is 581 g/mol. The number of phenolic OH excluding ortho intramolecular Hbond substituents is 1. The van der Waals surface area contributed by atoms with Crippen LogP contribution in [0.25, 0.3) is 0 Å². The first-order chi connectivity index (χ1) is 19.9. The summed E-state index contributed by atoms with van der Waals surface area (Å²) in [6.07, 6.45) is 9.44. The van der Waals surface area contributed by atoms with Gasteiger partial charge in [0.15, 0.2) is 12.4 Å². The van der Waals surface area contributed by atoms with E-state index in [4.69, 9.17) is 9.57 Å². The molecule has 0 spiro atoms. The number of hydrogen-bond acceptors (Lipinski definition) is 8. The van der Waals surface area contributed by atoms with E-state index in [1.807, 2.05) is 0 Å². The van der Waals surface area contributed by atoms with Crippen LogP contribution in [-0.4, -0.2) is 58.9 Å². The molecule has 42 heavy (non-hydrogen) atoms. The number of oxime groups is 1. The van der Waals surface area contributed by atoms with E-state index < -0.39 is 23.5 Å². The minimum Gasteiger partial charge on any atom is -0.508 e. The molecule has 0 aromatic heterocycles. The van der Waals surface area contributed by atoms with E-state index in [0.29, 0.717) is 24.2 Å². The monoisotopic (exact) mass is 580 g/mol. The number of benzene rings is 1. The van der Waals surface area contributed by atoms with Crippen molar-refractivity contribution >= 4 is 23.4 Å². The number of ketones is 1. The molecule has 4 aliphatic carbocycles. The number of methoxy groups -OCH3 is 1. The van der Waals surface area contributed by atoms with Crippen molar-refractivity contribution in [3.05, 3.63) is 41.5 Å². The molecule has 0 bridgehead atoms. The zero-order valence-electron chi connectivity index (χ0n) is 25.2. The fraction of sp³-hybridized carbons (Fsp3) is 0.636. The van der Waals surface area contributed by atoms with E-state index in [0.717, 1.165) is 56.2 Å². The first-order valence-electron chi connectivity index (χ1n) is 15.2. The number of nitrogens with zero attached hydrogens (tertiary/aromatic N) is 1. The molecule has 1 aromatic carbocycles. The van der Waals surface area contributed by atoms with Crippen molar-refractivity contribution in [3.63, 3.8) is 0 Å². The molecule has 7 atom stereocenters. The fourth-order valence-corrected chi connectivity index (χ4v) is 8.85.